The molecule has 8 rings (SSSR count). The van der Waals surface area contributed by atoms with Gasteiger partial charge in [0.1, 0.15) is 0 Å². The molecule has 4 aromatic carbocycles. The smallest absolute Gasteiger partial charge is 0.240 e. The standard InChI is InChI=1S/C34H25Cl2N3O3/c35-21-15-16-27(26(36)18-21)39-32(41)30-29-22-10-4-6-12-24(22)34(31(30)33(39)42,25-13-7-5-11-23(25)29)19-37-38-28(40)17-14-20-8-2-1-3-9-20/h1-13,15-16,18-19,29-31H,14,17H2,(H,38,40)/b37-19-/t29?,30-,31-,34?/m1/s1. The number of benzene rings is 4. The number of nitrogens with zero attached hydrogens (tertiary/aromatic N) is 2. The Bertz CT molecular complexity index is 1740. The third-order valence-electron chi connectivity index (χ3n) is 8.78. The van der Waals surface area contributed by atoms with Crippen molar-refractivity contribution in [1.29, 1.82) is 0 Å². The van der Waals surface area contributed by atoms with Gasteiger partial charge in [0.2, 0.25) is 17.7 Å². The van der Waals surface area contributed by atoms with E-state index in [1.165, 1.54) is 11.0 Å². The van der Waals surface area contributed by atoms with Crippen LogP contribution in [0.4, 0.5) is 5.69 Å². The molecule has 1 aliphatic heterocycles. The fourth-order valence-electron chi connectivity index (χ4n) is 7.11. The first-order valence-corrected chi connectivity index (χ1v) is 14.6. The van der Waals surface area contributed by atoms with E-state index in [1.807, 2.05) is 78.9 Å². The van der Waals surface area contributed by atoms with Gasteiger partial charge in [-0.15, -0.1) is 0 Å². The molecule has 208 valence electrons. The molecule has 6 nitrogen and oxygen atoms in total. The van der Waals surface area contributed by atoms with Gasteiger partial charge in [0.25, 0.3) is 0 Å². The number of aryl methyl sites for hydroxylation is 1. The van der Waals surface area contributed by atoms with Gasteiger partial charge in [0, 0.05) is 23.6 Å². The molecule has 8 heteroatoms. The van der Waals surface area contributed by atoms with Gasteiger partial charge >= 0.3 is 0 Å². The van der Waals surface area contributed by atoms with Crippen molar-refractivity contribution in [3.8, 4) is 0 Å². The Morgan fingerprint density at radius 3 is 2.17 bits per heavy atom. The third kappa shape index (κ3) is 3.93. The maximum Gasteiger partial charge on any atom is 0.240 e. The molecule has 4 aliphatic rings. The molecule has 4 aromatic rings. The number of rotatable bonds is 6. The van der Waals surface area contributed by atoms with Crippen LogP contribution in [0.5, 0.6) is 0 Å². The second kappa shape index (κ2) is 10.2. The largest absolute Gasteiger partial charge is 0.274 e. The van der Waals surface area contributed by atoms with Gasteiger partial charge in [-0.3, -0.25) is 14.4 Å². The topological polar surface area (TPSA) is 78.8 Å². The Morgan fingerprint density at radius 1 is 0.857 bits per heavy atom. The van der Waals surface area contributed by atoms with E-state index in [2.05, 4.69) is 10.5 Å². The fourth-order valence-corrected chi connectivity index (χ4v) is 7.61. The normalized spacial score (nSPS) is 23.6. The number of hydrogen-bond donors (Lipinski definition) is 1. The zero-order chi connectivity index (χ0) is 29.0. The number of carbonyl (C=O) groups excluding carboxylic acids is 3. The average molecular weight is 594 g/mol. The van der Waals surface area contributed by atoms with Crippen molar-refractivity contribution in [3.05, 3.63) is 135 Å². The molecule has 0 saturated carbocycles. The lowest BCUT2D eigenvalue weighted by molar-refractivity contribution is -0.123. The minimum Gasteiger partial charge on any atom is -0.274 e. The van der Waals surface area contributed by atoms with Crippen LogP contribution >= 0.6 is 23.2 Å². The fraction of sp³-hybridized carbons (Fsp3) is 0.176. The van der Waals surface area contributed by atoms with Crippen LogP contribution in [0, 0.1) is 11.8 Å². The van der Waals surface area contributed by atoms with Crippen molar-refractivity contribution in [3.63, 3.8) is 0 Å². The van der Waals surface area contributed by atoms with E-state index in [0.717, 1.165) is 27.8 Å². The number of hydrogen-bond acceptors (Lipinski definition) is 4. The van der Waals surface area contributed by atoms with Gasteiger partial charge in [-0.1, -0.05) is 102 Å². The summed E-state index contributed by atoms with van der Waals surface area (Å²) < 4.78 is 0. The summed E-state index contributed by atoms with van der Waals surface area (Å²) in [7, 11) is 0. The summed E-state index contributed by atoms with van der Waals surface area (Å²) in [5.41, 5.74) is 6.73. The summed E-state index contributed by atoms with van der Waals surface area (Å²) in [6.45, 7) is 0. The molecule has 42 heavy (non-hydrogen) atoms. The second-order valence-electron chi connectivity index (χ2n) is 10.9. The summed E-state index contributed by atoms with van der Waals surface area (Å²) >= 11 is 12.7. The highest BCUT2D eigenvalue weighted by Gasteiger charge is 2.68. The predicted molar refractivity (Wildman–Crippen MR) is 163 cm³/mol. The number of anilines is 1. The van der Waals surface area contributed by atoms with Crippen LogP contribution in [0.25, 0.3) is 0 Å². The predicted octanol–water partition coefficient (Wildman–Crippen LogP) is 6.28. The summed E-state index contributed by atoms with van der Waals surface area (Å²) in [6, 6.07) is 30.3. The van der Waals surface area contributed by atoms with Crippen LogP contribution in [-0.4, -0.2) is 23.9 Å². The lowest BCUT2D eigenvalue weighted by Crippen LogP contribution is -2.54. The maximum atomic E-state index is 14.4. The summed E-state index contributed by atoms with van der Waals surface area (Å²) in [5, 5.41) is 5.10. The Morgan fingerprint density at radius 2 is 1.50 bits per heavy atom. The molecular formula is C34H25Cl2N3O3. The zero-order valence-electron chi connectivity index (χ0n) is 22.3. The number of carbonyl (C=O) groups is 3. The maximum absolute atomic E-state index is 14.4. The molecule has 0 radical (unpaired) electrons. The van der Waals surface area contributed by atoms with Crippen molar-refractivity contribution in [2.45, 2.75) is 24.2 Å². The van der Waals surface area contributed by atoms with Gasteiger partial charge in [0.15, 0.2) is 0 Å². The van der Waals surface area contributed by atoms with E-state index < -0.39 is 17.3 Å². The quantitative estimate of drug-likeness (QED) is 0.162. The Kier molecular flexibility index (Phi) is 6.48. The van der Waals surface area contributed by atoms with E-state index >= 15 is 0 Å². The van der Waals surface area contributed by atoms with Crippen molar-refractivity contribution >= 4 is 52.8 Å². The number of halogens is 2. The molecule has 2 bridgehead atoms. The van der Waals surface area contributed by atoms with Crippen molar-refractivity contribution < 1.29 is 14.4 Å². The minimum atomic E-state index is -1.08. The van der Waals surface area contributed by atoms with Crippen LogP contribution in [0.15, 0.2) is 102 Å². The number of nitrogens with one attached hydrogen (secondary N) is 1. The van der Waals surface area contributed by atoms with Crippen LogP contribution in [0.1, 0.15) is 40.2 Å². The first-order valence-electron chi connectivity index (χ1n) is 13.8. The Labute approximate surface area is 253 Å². The van der Waals surface area contributed by atoms with Crippen molar-refractivity contribution in [2.75, 3.05) is 4.90 Å². The first-order chi connectivity index (χ1) is 20.4. The highest BCUT2D eigenvalue weighted by molar-refractivity contribution is 6.38. The Balaban J connectivity index is 1.32. The number of amides is 3. The molecule has 1 fully saturated rings. The van der Waals surface area contributed by atoms with Gasteiger partial charge < -0.3 is 0 Å². The SMILES string of the molecule is O=C(CCc1ccccc1)N/N=C\C12c3ccccc3C(c3ccccc31)[C@H]1C(=O)N(c3ccc(Cl)cc3Cl)C(=O)[C@@H]12. The minimum absolute atomic E-state index is 0.221. The molecule has 3 aliphatic carbocycles. The van der Waals surface area contributed by atoms with E-state index in [0.29, 0.717) is 17.1 Å². The first kappa shape index (κ1) is 26.6. The highest BCUT2D eigenvalue weighted by atomic mass is 35.5. The summed E-state index contributed by atoms with van der Waals surface area (Å²) in [4.78, 5) is 42.7. The van der Waals surface area contributed by atoms with Crippen molar-refractivity contribution in [1.82, 2.24) is 5.43 Å². The monoisotopic (exact) mass is 593 g/mol. The van der Waals surface area contributed by atoms with Gasteiger partial charge in [-0.05, 0) is 52.4 Å². The molecular weight excluding hydrogens is 569 g/mol. The highest BCUT2D eigenvalue weighted by Crippen LogP contribution is 2.63. The van der Waals surface area contributed by atoms with Crippen LogP contribution in [0.2, 0.25) is 10.0 Å². The molecule has 1 N–H and O–H groups in total. The van der Waals surface area contributed by atoms with Crippen molar-refractivity contribution in [2.24, 2.45) is 16.9 Å². The van der Waals surface area contributed by atoms with Gasteiger partial charge in [-0.2, -0.15) is 5.10 Å². The van der Waals surface area contributed by atoms with E-state index in [4.69, 9.17) is 23.2 Å². The molecule has 1 heterocycles. The molecule has 0 spiro atoms. The molecule has 2 atom stereocenters. The summed E-state index contributed by atoms with van der Waals surface area (Å²) in [6.07, 6.45) is 2.50. The third-order valence-corrected chi connectivity index (χ3v) is 9.31. The molecule has 0 aromatic heterocycles. The van der Waals surface area contributed by atoms with Crippen LogP contribution in [0.3, 0.4) is 0 Å². The molecule has 0 unspecified atom stereocenters. The van der Waals surface area contributed by atoms with E-state index in [-0.39, 0.29) is 35.1 Å². The van der Waals surface area contributed by atoms with Gasteiger partial charge in [0.05, 0.1) is 28.0 Å². The number of imide groups is 1. The van der Waals surface area contributed by atoms with E-state index in [9.17, 15) is 14.4 Å². The van der Waals surface area contributed by atoms with Gasteiger partial charge in [-0.25, -0.2) is 10.3 Å². The average Bonchev–Trinajstić information content (AvgIpc) is 3.27. The van der Waals surface area contributed by atoms with E-state index in [1.54, 1.807) is 18.3 Å². The van der Waals surface area contributed by atoms with Crippen LogP contribution in [-0.2, 0) is 26.2 Å². The lowest BCUT2D eigenvalue weighted by atomic mass is 9.47. The second-order valence-corrected chi connectivity index (χ2v) is 11.8. The molecule has 1 saturated heterocycles. The summed E-state index contributed by atoms with van der Waals surface area (Å²) in [5.74, 6) is -2.67. The van der Waals surface area contributed by atoms with Crippen LogP contribution < -0.4 is 10.3 Å². The zero-order valence-corrected chi connectivity index (χ0v) is 23.8. The number of hydrazone groups is 1. The lowest BCUT2D eigenvalue weighted by Gasteiger charge is -2.52. The Hall–Kier alpha value is -4.26. The molecule has 3 amide bonds.